The first kappa shape index (κ1) is 21.2. The van der Waals surface area contributed by atoms with Gasteiger partial charge in [0.2, 0.25) is 0 Å². The number of anilines is 2. The topological polar surface area (TPSA) is 41.6 Å². The molecule has 3 aromatic rings. The molecule has 0 spiro atoms. The third kappa shape index (κ3) is 5.09. The lowest BCUT2D eigenvalue weighted by Gasteiger charge is -2.31. The summed E-state index contributed by atoms with van der Waals surface area (Å²) in [6.45, 7) is 3.84. The summed E-state index contributed by atoms with van der Waals surface area (Å²) in [5.41, 5.74) is 2.88. The quantitative estimate of drug-likeness (QED) is 0.472. The highest BCUT2D eigenvalue weighted by Gasteiger charge is 2.38. The van der Waals surface area contributed by atoms with Crippen molar-refractivity contribution < 1.29 is 9.09 Å². The fraction of sp³-hybridized carbons (Fsp3) is 0.250. The van der Waals surface area contributed by atoms with Gasteiger partial charge in [0.05, 0.1) is 6.10 Å². The Balaban J connectivity index is 2.11. The predicted molar refractivity (Wildman–Crippen MR) is 123 cm³/mol. The lowest BCUT2D eigenvalue weighted by molar-refractivity contribution is 0.245. The van der Waals surface area contributed by atoms with Gasteiger partial charge < -0.3 is 14.7 Å². The van der Waals surface area contributed by atoms with E-state index in [1.165, 1.54) is 0 Å². The van der Waals surface area contributed by atoms with Crippen LogP contribution in [0.5, 0.6) is 0 Å². The molecule has 2 atom stereocenters. The van der Waals surface area contributed by atoms with E-state index in [0.717, 1.165) is 16.9 Å². The summed E-state index contributed by atoms with van der Waals surface area (Å²) in [6, 6.07) is 27.5. The summed E-state index contributed by atoms with van der Waals surface area (Å²) in [5, 5.41) is 4.18. The molecule has 0 heterocycles. The number of benzene rings is 3. The summed E-state index contributed by atoms with van der Waals surface area (Å²) >= 11 is 0. The molecular formula is C24H29N2O2P. The van der Waals surface area contributed by atoms with Gasteiger partial charge in [-0.3, -0.25) is 4.57 Å². The molecule has 152 valence electrons. The Morgan fingerprint density at radius 1 is 0.828 bits per heavy atom. The van der Waals surface area contributed by atoms with Gasteiger partial charge in [-0.1, -0.05) is 48.5 Å². The number of nitrogens with zero attached hydrogens (tertiary/aromatic N) is 1. The zero-order valence-electron chi connectivity index (χ0n) is 17.4. The molecule has 0 amide bonds. The molecule has 3 aromatic carbocycles. The molecule has 0 aliphatic heterocycles. The van der Waals surface area contributed by atoms with E-state index in [9.17, 15) is 4.57 Å². The van der Waals surface area contributed by atoms with Crippen molar-refractivity contribution in [3.8, 4) is 0 Å². The van der Waals surface area contributed by atoms with Crippen LogP contribution < -0.4 is 15.5 Å². The third-order valence-corrected chi connectivity index (χ3v) is 7.49. The van der Waals surface area contributed by atoms with Crippen molar-refractivity contribution in [1.82, 2.24) is 0 Å². The lowest BCUT2D eigenvalue weighted by Crippen LogP contribution is -2.22. The van der Waals surface area contributed by atoms with E-state index in [2.05, 4.69) is 5.32 Å². The van der Waals surface area contributed by atoms with Gasteiger partial charge in [0.15, 0.2) is 0 Å². The molecule has 0 aliphatic carbocycles. The van der Waals surface area contributed by atoms with Gasteiger partial charge in [0.1, 0.15) is 5.78 Å². The van der Waals surface area contributed by atoms with Crippen LogP contribution in [0.3, 0.4) is 0 Å². The van der Waals surface area contributed by atoms with Crippen molar-refractivity contribution >= 4 is 24.0 Å². The molecule has 0 saturated heterocycles. The molecular weight excluding hydrogens is 379 g/mol. The second-order valence-corrected chi connectivity index (χ2v) is 9.92. The molecule has 0 aliphatic rings. The molecule has 3 rings (SSSR count). The highest BCUT2D eigenvalue weighted by molar-refractivity contribution is 7.67. The summed E-state index contributed by atoms with van der Waals surface area (Å²) in [5.74, 6) is -0.501. The Kier molecular flexibility index (Phi) is 6.79. The number of para-hydroxylation sites is 1. The monoisotopic (exact) mass is 408 g/mol. The Morgan fingerprint density at radius 2 is 1.38 bits per heavy atom. The van der Waals surface area contributed by atoms with Gasteiger partial charge in [-0.2, -0.15) is 0 Å². The first-order valence-corrected chi connectivity index (χ1v) is 11.5. The highest BCUT2D eigenvalue weighted by Crippen LogP contribution is 2.59. The van der Waals surface area contributed by atoms with E-state index in [0.29, 0.717) is 5.30 Å². The Morgan fingerprint density at radius 3 is 1.90 bits per heavy atom. The summed E-state index contributed by atoms with van der Waals surface area (Å²) in [7, 11) is 0.673. The summed E-state index contributed by atoms with van der Waals surface area (Å²) < 4.78 is 20.7. The molecule has 0 unspecified atom stereocenters. The minimum atomic E-state index is -3.31. The minimum absolute atomic E-state index is 0.182. The van der Waals surface area contributed by atoms with Crippen LogP contribution in [0.4, 0.5) is 11.4 Å². The number of hydrogen-bond acceptors (Lipinski definition) is 4. The van der Waals surface area contributed by atoms with Crippen LogP contribution in [0.25, 0.3) is 0 Å². The first-order valence-electron chi connectivity index (χ1n) is 9.83. The van der Waals surface area contributed by atoms with Crippen LogP contribution in [0.15, 0.2) is 84.9 Å². The van der Waals surface area contributed by atoms with E-state index < -0.39 is 13.2 Å². The zero-order valence-corrected chi connectivity index (χ0v) is 18.3. The summed E-state index contributed by atoms with van der Waals surface area (Å²) in [4.78, 5) is 2.02. The lowest BCUT2D eigenvalue weighted by atomic mass is 10.2. The van der Waals surface area contributed by atoms with Crippen LogP contribution in [0.1, 0.15) is 25.2 Å². The Bertz CT molecular complexity index is 942. The van der Waals surface area contributed by atoms with Crippen molar-refractivity contribution in [2.45, 2.75) is 25.7 Å². The smallest absolute Gasteiger partial charge is 0.258 e. The van der Waals surface area contributed by atoms with E-state index in [-0.39, 0.29) is 6.10 Å². The molecule has 0 radical (unpaired) electrons. The van der Waals surface area contributed by atoms with E-state index in [1.54, 1.807) is 0 Å². The molecule has 1 N–H and O–H groups in total. The highest BCUT2D eigenvalue weighted by atomic mass is 31.2. The largest absolute Gasteiger partial charge is 0.378 e. The second kappa shape index (κ2) is 9.30. The maximum Gasteiger partial charge on any atom is 0.258 e. The van der Waals surface area contributed by atoms with Crippen molar-refractivity contribution in [1.29, 1.82) is 0 Å². The molecule has 4 nitrogen and oxygen atoms in total. The predicted octanol–water partition coefficient (Wildman–Crippen LogP) is 5.89. The van der Waals surface area contributed by atoms with Crippen LogP contribution in [-0.2, 0) is 9.09 Å². The third-order valence-electron chi connectivity index (χ3n) is 4.63. The minimum Gasteiger partial charge on any atom is -0.378 e. The van der Waals surface area contributed by atoms with Gasteiger partial charge in [-0.25, -0.2) is 0 Å². The Labute approximate surface area is 174 Å². The van der Waals surface area contributed by atoms with E-state index in [4.69, 9.17) is 4.52 Å². The van der Waals surface area contributed by atoms with E-state index in [1.807, 2.05) is 118 Å². The standard InChI is InChI=1S/C24H29N2O2P/c1-19(2)28-29(27,23-17-15-22(16-18-23)26(3)4)24(20-11-7-5-8-12-20)25-21-13-9-6-10-14-21/h5-19,24-25H,1-4H3/t24-,29+/m0/s1. The second-order valence-electron chi connectivity index (χ2n) is 7.49. The number of rotatable bonds is 8. The van der Waals surface area contributed by atoms with Gasteiger partial charge in [-0.15, -0.1) is 0 Å². The molecule has 0 bridgehead atoms. The average molecular weight is 408 g/mol. The van der Waals surface area contributed by atoms with Crippen molar-refractivity contribution in [2.75, 3.05) is 24.3 Å². The maximum absolute atomic E-state index is 14.5. The maximum atomic E-state index is 14.5. The SMILES string of the molecule is CC(C)O[P@](=O)(c1ccc(N(C)C)cc1)[C@H](Nc1ccccc1)c1ccccc1. The number of nitrogens with one attached hydrogen (secondary N) is 1. The van der Waals surface area contributed by atoms with Crippen LogP contribution in [0, 0.1) is 0 Å². The van der Waals surface area contributed by atoms with E-state index >= 15 is 0 Å². The van der Waals surface area contributed by atoms with Crippen LogP contribution in [-0.4, -0.2) is 20.2 Å². The molecule has 0 saturated carbocycles. The molecule has 29 heavy (non-hydrogen) atoms. The zero-order chi connectivity index (χ0) is 20.9. The van der Waals surface area contributed by atoms with Crippen molar-refractivity contribution in [3.05, 3.63) is 90.5 Å². The van der Waals surface area contributed by atoms with Gasteiger partial charge in [-0.05, 0) is 55.8 Å². The molecule has 5 heteroatoms. The molecule has 0 fully saturated rings. The van der Waals surface area contributed by atoms with Gasteiger partial charge in [0.25, 0.3) is 7.37 Å². The fourth-order valence-corrected chi connectivity index (χ4v) is 5.85. The van der Waals surface area contributed by atoms with Crippen LogP contribution >= 0.6 is 7.37 Å². The van der Waals surface area contributed by atoms with Crippen molar-refractivity contribution in [2.24, 2.45) is 0 Å². The fourth-order valence-electron chi connectivity index (χ4n) is 3.23. The Hall–Kier alpha value is -2.55. The first-order chi connectivity index (χ1) is 13.9. The summed E-state index contributed by atoms with van der Waals surface area (Å²) in [6.07, 6.45) is -0.182. The van der Waals surface area contributed by atoms with Gasteiger partial charge in [0, 0.05) is 30.8 Å². The average Bonchev–Trinajstić information content (AvgIpc) is 2.73. The van der Waals surface area contributed by atoms with Gasteiger partial charge >= 0.3 is 0 Å². The normalized spacial score (nSPS) is 14.2. The number of hydrogen-bond donors (Lipinski definition) is 1. The molecule has 0 aromatic heterocycles. The van der Waals surface area contributed by atoms with Crippen LogP contribution in [0.2, 0.25) is 0 Å². The van der Waals surface area contributed by atoms with Crippen molar-refractivity contribution in [3.63, 3.8) is 0 Å².